The predicted octanol–water partition coefficient (Wildman–Crippen LogP) is 1.28. The second kappa shape index (κ2) is 5.27. The Morgan fingerprint density at radius 3 is 2.82 bits per heavy atom. The summed E-state index contributed by atoms with van der Waals surface area (Å²) in [5, 5.41) is 3.90. The number of rotatable bonds is 4. The van der Waals surface area contributed by atoms with Crippen LogP contribution < -0.4 is 5.48 Å². The van der Waals surface area contributed by atoms with Crippen molar-refractivity contribution < 1.29 is 9.63 Å². The van der Waals surface area contributed by atoms with Gasteiger partial charge in [-0.05, 0) is 5.56 Å². The van der Waals surface area contributed by atoms with Gasteiger partial charge in [0.25, 0.3) is 5.91 Å². The zero-order valence-electron chi connectivity index (χ0n) is 9.46. The molecule has 17 heavy (non-hydrogen) atoms. The van der Waals surface area contributed by atoms with E-state index in [0.29, 0.717) is 12.2 Å². The summed E-state index contributed by atoms with van der Waals surface area (Å²) in [6.45, 7) is 0.340. The van der Waals surface area contributed by atoms with E-state index < -0.39 is 0 Å². The molecule has 5 nitrogen and oxygen atoms in total. The van der Waals surface area contributed by atoms with Crippen molar-refractivity contribution in [3.63, 3.8) is 0 Å². The molecule has 0 fully saturated rings. The molecule has 1 aromatic heterocycles. The Labute approximate surface area is 99.0 Å². The van der Waals surface area contributed by atoms with Crippen LogP contribution in [0.5, 0.6) is 0 Å². The van der Waals surface area contributed by atoms with Gasteiger partial charge >= 0.3 is 0 Å². The number of aromatic nitrogens is 2. The maximum absolute atomic E-state index is 11.6. The minimum Gasteiger partial charge on any atom is -0.275 e. The molecule has 0 unspecified atom stereocenters. The van der Waals surface area contributed by atoms with Crippen molar-refractivity contribution in [3.05, 3.63) is 53.9 Å². The Bertz CT molecular complexity index is 493. The first-order chi connectivity index (χ1) is 8.25. The van der Waals surface area contributed by atoms with Crippen molar-refractivity contribution >= 4 is 5.91 Å². The van der Waals surface area contributed by atoms with Crippen LogP contribution in [0.15, 0.2) is 42.7 Å². The van der Waals surface area contributed by atoms with E-state index in [1.807, 2.05) is 30.3 Å². The molecule has 0 bridgehead atoms. The maximum Gasteiger partial charge on any atom is 0.278 e. The molecule has 0 saturated heterocycles. The van der Waals surface area contributed by atoms with Crippen LogP contribution in [0, 0.1) is 0 Å². The van der Waals surface area contributed by atoms with E-state index in [2.05, 4.69) is 10.6 Å². The number of aryl methyl sites for hydroxylation is 1. The van der Waals surface area contributed by atoms with Gasteiger partial charge in [-0.15, -0.1) is 0 Å². The van der Waals surface area contributed by atoms with Crippen LogP contribution in [0.1, 0.15) is 15.9 Å². The molecule has 1 aromatic carbocycles. The molecule has 5 heteroatoms. The summed E-state index contributed by atoms with van der Waals surface area (Å²) in [5.41, 5.74) is 3.84. The third-order valence-electron chi connectivity index (χ3n) is 2.21. The maximum atomic E-state index is 11.6. The van der Waals surface area contributed by atoms with Crippen molar-refractivity contribution in [1.82, 2.24) is 15.3 Å². The summed E-state index contributed by atoms with van der Waals surface area (Å²) < 4.78 is 1.56. The minimum absolute atomic E-state index is 0.297. The molecule has 0 spiro atoms. The number of benzene rings is 1. The second-order valence-corrected chi connectivity index (χ2v) is 3.61. The molecule has 0 atom stereocenters. The normalized spacial score (nSPS) is 10.2. The predicted molar refractivity (Wildman–Crippen MR) is 61.9 cm³/mol. The van der Waals surface area contributed by atoms with Crippen molar-refractivity contribution in [2.45, 2.75) is 6.61 Å². The van der Waals surface area contributed by atoms with Crippen LogP contribution in [-0.4, -0.2) is 15.7 Å². The molecule has 0 aliphatic rings. The summed E-state index contributed by atoms with van der Waals surface area (Å²) in [5.74, 6) is -0.297. The molecule has 1 N–H and O–H groups in total. The van der Waals surface area contributed by atoms with Gasteiger partial charge in [-0.1, -0.05) is 30.3 Å². The average molecular weight is 231 g/mol. The quantitative estimate of drug-likeness (QED) is 0.806. The van der Waals surface area contributed by atoms with E-state index in [9.17, 15) is 4.79 Å². The van der Waals surface area contributed by atoms with Gasteiger partial charge in [0.15, 0.2) is 0 Å². The molecule has 0 radical (unpaired) electrons. The second-order valence-electron chi connectivity index (χ2n) is 3.61. The van der Waals surface area contributed by atoms with E-state index in [1.165, 1.54) is 6.20 Å². The fourth-order valence-electron chi connectivity index (χ4n) is 1.36. The Morgan fingerprint density at radius 1 is 1.41 bits per heavy atom. The SMILES string of the molecule is Cn1cc(C(=O)NOCc2ccccc2)cn1. The summed E-state index contributed by atoms with van der Waals surface area (Å²) in [7, 11) is 1.75. The van der Waals surface area contributed by atoms with Crippen molar-refractivity contribution in [3.8, 4) is 0 Å². The third kappa shape index (κ3) is 3.15. The number of carbonyl (C=O) groups is 1. The lowest BCUT2D eigenvalue weighted by Crippen LogP contribution is -2.23. The number of hydroxylamine groups is 1. The lowest BCUT2D eigenvalue weighted by Gasteiger charge is -2.04. The van der Waals surface area contributed by atoms with Crippen LogP contribution in [-0.2, 0) is 18.5 Å². The van der Waals surface area contributed by atoms with Crippen LogP contribution in [0.4, 0.5) is 0 Å². The van der Waals surface area contributed by atoms with Crippen LogP contribution in [0.3, 0.4) is 0 Å². The van der Waals surface area contributed by atoms with Crippen LogP contribution in [0.25, 0.3) is 0 Å². The molecular formula is C12H13N3O2. The first-order valence-electron chi connectivity index (χ1n) is 5.20. The zero-order chi connectivity index (χ0) is 12.1. The Balaban J connectivity index is 1.81. The van der Waals surface area contributed by atoms with Crippen LogP contribution >= 0.6 is 0 Å². The number of carbonyl (C=O) groups excluding carboxylic acids is 1. The highest BCUT2D eigenvalue weighted by atomic mass is 16.6. The molecule has 2 aromatic rings. The first-order valence-corrected chi connectivity index (χ1v) is 5.20. The number of hydrogen-bond acceptors (Lipinski definition) is 3. The Kier molecular flexibility index (Phi) is 3.52. The molecule has 1 amide bonds. The molecule has 2 rings (SSSR count). The Morgan fingerprint density at radius 2 is 2.18 bits per heavy atom. The highest BCUT2D eigenvalue weighted by Crippen LogP contribution is 2.00. The summed E-state index contributed by atoms with van der Waals surface area (Å²) in [6, 6.07) is 9.62. The van der Waals surface area contributed by atoms with E-state index in [1.54, 1.807) is 17.9 Å². The molecule has 0 aliphatic carbocycles. The average Bonchev–Trinajstić information content (AvgIpc) is 2.77. The first kappa shape index (κ1) is 11.3. The number of nitrogens with one attached hydrogen (secondary N) is 1. The largest absolute Gasteiger partial charge is 0.278 e. The topological polar surface area (TPSA) is 56.2 Å². The Hall–Kier alpha value is -2.14. The fourth-order valence-corrected chi connectivity index (χ4v) is 1.36. The summed E-state index contributed by atoms with van der Waals surface area (Å²) in [6.07, 6.45) is 3.11. The van der Waals surface area contributed by atoms with Gasteiger partial charge in [0.1, 0.15) is 0 Å². The molecule has 0 aliphatic heterocycles. The smallest absolute Gasteiger partial charge is 0.275 e. The summed E-state index contributed by atoms with van der Waals surface area (Å²) in [4.78, 5) is 16.7. The lowest BCUT2D eigenvalue weighted by molar-refractivity contribution is 0.0233. The van der Waals surface area contributed by atoms with Gasteiger partial charge in [0.2, 0.25) is 0 Å². The van der Waals surface area contributed by atoms with Crippen molar-refractivity contribution in [2.24, 2.45) is 7.05 Å². The molecule has 1 heterocycles. The summed E-state index contributed by atoms with van der Waals surface area (Å²) >= 11 is 0. The highest BCUT2D eigenvalue weighted by molar-refractivity contribution is 5.92. The standard InChI is InChI=1S/C12H13N3O2/c1-15-8-11(7-13-15)12(16)14-17-9-10-5-3-2-4-6-10/h2-8H,9H2,1H3,(H,14,16). The van der Waals surface area contributed by atoms with E-state index >= 15 is 0 Å². The number of nitrogens with zero attached hydrogens (tertiary/aromatic N) is 2. The van der Waals surface area contributed by atoms with E-state index in [4.69, 9.17) is 4.84 Å². The molecule has 0 saturated carbocycles. The van der Waals surface area contributed by atoms with Gasteiger partial charge in [-0.3, -0.25) is 14.3 Å². The zero-order valence-corrected chi connectivity index (χ0v) is 9.46. The van der Waals surface area contributed by atoms with Gasteiger partial charge in [-0.25, -0.2) is 5.48 Å². The van der Waals surface area contributed by atoms with Crippen molar-refractivity contribution in [1.29, 1.82) is 0 Å². The minimum atomic E-state index is -0.297. The van der Waals surface area contributed by atoms with Gasteiger partial charge in [0.05, 0.1) is 18.4 Å². The van der Waals surface area contributed by atoms with Crippen molar-refractivity contribution in [2.75, 3.05) is 0 Å². The van der Waals surface area contributed by atoms with Crippen LogP contribution in [0.2, 0.25) is 0 Å². The highest BCUT2D eigenvalue weighted by Gasteiger charge is 2.06. The number of hydrogen-bond donors (Lipinski definition) is 1. The fraction of sp³-hybridized carbons (Fsp3) is 0.167. The van der Waals surface area contributed by atoms with Gasteiger partial charge < -0.3 is 0 Å². The van der Waals surface area contributed by atoms with Gasteiger partial charge in [-0.2, -0.15) is 5.10 Å². The van der Waals surface area contributed by atoms with Gasteiger partial charge in [0, 0.05) is 13.2 Å². The monoisotopic (exact) mass is 231 g/mol. The van der Waals surface area contributed by atoms with E-state index in [-0.39, 0.29) is 5.91 Å². The lowest BCUT2D eigenvalue weighted by atomic mass is 10.2. The molecule has 88 valence electrons. The number of amides is 1. The van der Waals surface area contributed by atoms with E-state index in [0.717, 1.165) is 5.56 Å². The third-order valence-corrected chi connectivity index (χ3v) is 2.21. The molecular weight excluding hydrogens is 218 g/mol.